The van der Waals surface area contributed by atoms with Crippen LogP contribution in [0, 0.1) is 0 Å². The van der Waals surface area contributed by atoms with Crippen molar-refractivity contribution in [1.29, 1.82) is 0 Å². The zero-order chi connectivity index (χ0) is 9.05. The first-order valence-corrected chi connectivity index (χ1v) is 6.98. The van der Waals surface area contributed by atoms with E-state index >= 15 is 0 Å². The van der Waals surface area contributed by atoms with Crippen molar-refractivity contribution in [1.82, 2.24) is 0 Å². The van der Waals surface area contributed by atoms with E-state index in [1.807, 2.05) is 12.2 Å². The highest BCUT2D eigenvalue weighted by Gasteiger charge is 2.60. The highest BCUT2D eigenvalue weighted by atomic mass is 32.3. The van der Waals surface area contributed by atoms with E-state index in [0.717, 1.165) is 0 Å². The van der Waals surface area contributed by atoms with Gasteiger partial charge in [-0.2, -0.15) is 0 Å². The standard InChI is InChI=1S/C8H10O3S2/c9-12-3-4-13(10)8(12)5-6-1-2-7(8)11-6/h1-2,6-7H,3-5H2/t6-,7+,8?,12-,13+/m0/s1. The van der Waals surface area contributed by atoms with Crippen LogP contribution in [0.3, 0.4) is 0 Å². The molecule has 0 saturated carbocycles. The summed E-state index contributed by atoms with van der Waals surface area (Å²) in [5, 5.41) is 0. The van der Waals surface area contributed by atoms with E-state index in [-0.39, 0.29) is 12.2 Å². The van der Waals surface area contributed by atoms with Crippen LogP contribution in [0.25, 0.3) is 0 Å². The van der Waals surface area contributed by atoms with Crippen molar-refractivity contribution in [3.8, 4) is 0 Å². The molecule has 1 spiro atoms. The van der Waals surface area contributed by atoms with Crippen LogP contribution in [0.2, 0.25) is 0 Å². The van der Waals surface area contributed by atoms with Gasteiger partial charge in [-0.3, -0.25) is 8.42 Å². The summed E-state index contributed by atoms with van der Waals surface area (Å²) in [5.41, 5.74) is 0. The fourth-order valence-electron chi connectivity index (χ4n) is 2.31. The molecule has 0 N–H and O–H groups in total. The average Bonchev–Trinajstić information content (AvgIpc) is 2.77. The summed E-state index contributed by atoms with van der Waals surface area (Å²) >= 11 is 0. The summed E-state index contributed by atoms with van der Waals surface area (Å²) in [6.07, 6.45) is 4.52. The third-order valence-corrected chi connectivity index (χ3v) is 7.83. The van der Waals surface area contributed by atoms with Crippen molar-refractivity contribution >= 4 is 21.6 Å². The third-order valence-electron chi connectivity index (χ3n) is 2.97. The van der Waals surface area contributed by atoms with Crippen molar-refractivity contribution in [2.45, 2.75) is 22.7 Å². The zero-order valence-electron chi connectivity index (χ0n) is 6.97. The maximum atomic E-state index is 11.8. The molecule has 0 radical (unpaired) electrons. The molecule has 72 valence electrons. The monoisotopic (exact) mass is 218 g/mol. The largest absolute Gasteiger partial charge is 0.364 e. The average molecular weight is 218 g/mol. The molecule has 5 heteroatoms. The minimum Gasteiger partial charge on any atom is -0.364 e. The van der Waals surface area contributed by atoms with Gasteiger partial charge in [-0.05, 0) is 0 Å². The number of fused-ring (bicyclic) bond motifs is 3. The Labute approximate surface area is 81.4 Å². The van der Waals surface area contributed by atoms with Crippen LogP contribution in [0.15, 0.2) is 12.2 Å². The zero-order valence-corrected chi connectivity index (χ0v) is 8.60. The van der Waals surface area contributed by atoms with E-state index in [0.29, 0.717) is 17.9 Å². The smallest absolute Gasteiger partial charge is 0.153 e. The molecule has 3 aliphatic rings. The Bertz CT molecular complexity index is 320. The van der Waals surface area contributed by atoms with E-state index in [9.17, 15) is 8.42 Å². The molecule has 1 unspecified atom stereocenters. The summed E-state index contributed by atoms with van der Waals surface area (Å²) in [6.45, 7) is 0. The first-order chi connectivity index (χ1) is 6.23. The van der Waals surface area contributed by atoms with Crippen LogP contribution in [0.5, 0.6) is 0 Å². The maximum Gasteiger partial charge on any atom is 0.153 e. The second-order valence-electron chi connectivity index (χ2n) is 3.60. The van der Waals surface area contributed by atoms with E-state index < -0.39 is 25.7 Å². The van der Waals surface area contributed by atoms with E-state index in [2.05, 4.69) is 0 Å². The lowest BCUT2D eigenvalue weighted by molar-refractivity contribution is 0.119. The lowest BCUT2D eigenvalue weighted by Gasteiger charge is -2.24. The van der Waals surface area contributed by atoms with Gasteiger partial charge in [-0.15, -0.1) is 0 Å². The Morgan fingerprint density at radius 2 is 1.92 bits per heavy atom. The minimum atomic E-state index is -0.963. The van der Waals surface area contributed by atoms with E-state index in [1.54, 1.807) is 0 Å². The van der Waals surface area contributed by atoms with Gasteiger partial charge < -0.3 is 4.74 Å². The first kappa shape index (κ1) is 8.32. The van der Waals surface area contributed by atoms with Crippen LogP contribution in [0.1, 0.15) is 6.42 Å². The summed E-state index contributed by atoms with van der Waals surface area (Å²) in [6, 6.07) is 0. The molecule has 2 fully saturated rings. The fraction of sp³-hybridized carbons (Fsp3) is 0.750. The molecular weight excluding hydrogens is 208 g/mol. The van der Waals surface area contributed by atoms with Crippen LogP contribution < -0.4 is 0 Å². The summed E-state index contributed by atoms with van der Waals surface area (Å²) in [5.74, 6) is 1.15. The van der Waals surface area contributed by atoms with Crippen LogP contribution >= 0.6 is 0 Å². The number of hydrogen-bond donors (Lipinski definition) is 0. The van der Waals surface area contributed by atoms with Crippen molar-refractivity contribution in [2.75, 3.05) is 11.5 Å². The van der Waals surface area contributed by atoms with E-state index in [1.165, 1.54) is 0 Å². The molecule has 3 heterocycles. The van der Waals surface area contributed by atoms with Gasteiger partial charge in [0.1, 0.15) is 6.10 Å². The number of rotatable bonds is 0. The molecular formula is C8H10O3S2. The second-order valence-corrected chi connectivity index (χ2v) is 7.51. The number of hydrogen-bond acceptors (Lipinski definition) is 3. The topological polar surface area (TPSA) is 43.4 Å². The Morgan fingerprint density at radius 1 is 1.23 bits per heavy atom. The van der Waals surface area contributed by atoms with Crippen molar-refractivity contribution in [3.63, 3.8) is 0 Å². The lowest BCUT2D eigenvalue weighted by atomic mass is 10.1. The molecule has 0 amide bonds. The molecule has 0 aromatic carbocycles. The van der Waals surface area contributed by atoms with Gasteiger partial charge in [0.25, 0.3) is 0 Å². The number of ether oxygens (including phenoxy) is 1. The predicted octanol–water partition coefficient (Wildman–Crippen LogP) is -0.0790. The SMILES string of the molecule is O=[S@@]1CC[S@](=O)C12C[C@@H]1C=C[C@H]2O1. The molecule has 3 rings (SSSR count). The Hall–Kier alpha value is -0.0000000000000000763. The van der Waals surface area contributed by atoms with Gasteiger partial charge in [0.2, 0.25) is 0 Å². The molecule has 5 atom stereocenters. The summed E-state index contributed by atoms with van der Waals surface area (Å²) < 4.78 is 28.6. The minimum absolute atomic E-state index is 0.0657. The van der Waals surface area contributed by atoms with Crippen LogP contribution in [-0.4, -0.2) is 36.2 Å². The highest BCUT2D eigenvalue weighted by molar-refractivity contribution is 8.07. The van der Waals surface area contributed by atoms with Gasteiger partial charge in [0.15, 0.2) is 4.08 Å². The lowest BCUT2D eigenvalue weighted by Crippen LogP contribution is -2.42. The van der Waals surface area contributed by atoms with E-state index in [4.69, 9.17) is 4.74 Å². The molecule has 2 saturated heterocycles. The normalized spacial score (nSPS) is 58.2. The Balaban J connectivity index is 2.10. The maximum absolute atomic E-state index is 11.8. The van der Waals surface area contributed by atoms with Crippen molar-refractivity contribution in [2.24, 2.45) is 0 Å². The quantitative estimate of drug-likeness (QED) is 0.534. The molecule has 0 aliphatic carbocycles. The van der Waals surface area contributed by atoms with Gasteiger partial charge >= 0.3 is 0 Å². The molecule has 0 aromatic rings. The molecule has 0 aromatic heterocycles. The van der Waals surface area contributed by atoms with Crippen LogP contribution in [0.4, 0.5) is 0 Å². The first-order valence-electron chi connectivity index (χ1n) is 4.34. The summed E-state index contributed by atoms with van der Waals surface area (Å²) in [7, 11) is -1.93. The fourth-order valence-corrected chi connectivity index (χ4v) is 7.03. The highest BCUT2D eigenvalue weighted by Crippen LogP contribution is 2.46. The third kappa shape index (κ3) is 0.877. The predicted molar refractivity (Wildman–Crippen MR) is 51.2 cm³/mol. The summed E-state index contributed by atoms with van der Waals surface area (Å²) in [4.78, 5) is 0. The molecule has 3 nitrogen and oxygen atoms in total. The van der Waals surface area contributed by atoms with Gasteiger partial charge in [0.05, 0.1) is 6.10 Å². The van der Waals surface area contributed by atoms with Gasteiger partial charge in [-0.25, -0.2) is 0 Å². The molecule has 13 heavy (non-hydrogen) atoms. The second kappa shape index (κ2) is 2.52. The van der Waals surface area contributed by atoms with Gasteiger partial charge in [0, 0.05) is 39.5 Å². The Kier molecular flexibility index (Phi) is 1.61. The van der Waals surface area contributed by atoms with Gasteiger partial charge in [-0.1, -0.05) is 12.2 Å². The van der Waals surface area contributed by atoms with Crippen LogP contribution in [-0.2, 0) is 26.3 Å². The van der Waals surface area contributed by atoms with Crippen molar-refractivity contribution in [3.05, 3.63) is 12.2 Å². The van der Waals surface area contributed by atoms with Crippen molar-refractivity contribution < 1.29 is 13.2 Å². The molecule has 2 bridgehead atoms. The Morgan fingerprint density at radius 3 is 2.38 bits per heavy atom. The molecule has 3 aliphatic heterocycles.